The molecular formula is C13H20ClFN2O2S. The maximum Gasteiger partial charge on any atom is 0.246 e. The second-order valence-corrected chi connectivity index (χ2v) is 6.75. The predicted molar refractivity (Wildman–Crippen MR) is 79.0 cm³/mol. The van der Waals surface area contributed by atoms with Crippen LogP contribution in [0.15, 0.2) is 23.1 Å². The van der Waals surface area contributed by atoms with Crippen LogP contribution >= 0.6 is 12.4 Å². The van der Waals surface area contributed by atoms with E-state index in [0.29, 0.717) is 12.1 Å². The summed E-state index contributed by atoms with van der Waals surface area (Å²) < 4.78 is 40.5. The number of sulfonamides is 1. The highest BCUT2D eigenvalue weighted by Crippen LogP contribution is 2.27. The SMILES string of the molecule is Cc1cccc(S(=O)(=O)N2CCCCC2CN)c1F.Cl. The maximum absolute atomic E-state index is 14.0. The number of aryl methyl sites for hydroxylation is 1. The van der Waals surface area contributed by atoms with Gasteiger partial charge in [-0.1, -0.05) is 18.6 Å². The predicted octanol–water partition coefficient (Wildman–Crippen LogP) is 2.06. The third-order valence-electron chi connectivity index (χ3n) is 3.59. The van der Waals surface area contributed by atoms with Gasteiger partial charge >= 0.3 is 0 Å². The van der Waals surface area contributed by atoms with Crippen LogP contribution in [0.3, 0.4) is 0 Å². The first kappa shape index (κ1) is 17.4. The second kappa shape index (κ2) is 6.85. The standard InChI is InChI=1S/C13H19FN2O2S.ClH/c1-10-5-4-7-12(13(10)14)19(17,18)16-8-3-2-6-11(16)9-15;/h4-5,7,11H,2-3,6,8-9,15H2,1H3;1H. The average molecular weight is 323 g/mol. The van der Waals surface area contributed by atoms with E-state index in [1.807, 2.05) is 0 Å². The molecule has 0 bridgehead atoms. The van der Waals surface area contributed by atoms with E-state index in [2.05, 4.69) is 0 Å². The van der Waals surface area contributed by atoms with E-state index in [4.69, 9.17) is 5.73 Å². The Morgan fingerprint density at radius 3 is 2.75 bits per heavy atom. The van der Waals surface area contributed by atoms with Crippen molar-refractivity contribution in [3.63, 3.8) is 0 Å². The van der Waals surface area contributed by atoms with Crippen molar-refractivity contribution in [2.24, 2.45) is 5.73 Å². The van der Waals surface area contributed by atoms with Crippen LogP contribution in [0.25, 0.3) is 0 Å². The number of nitrogens with two attached hydrogens (primary N) is 1. The van der Waals surface area contributed by atoms with Crippen molar-refractivity contribution in [1.29, 1.82) is 0 Å². The molecule has 0 aliphatic carbocycles. The highest BCUT2D eigenvalue weighted by Gasteiger charge is 2.34. The molecule has 0 amide bonds. The lowest BCUT2D eigenvalue weighted by molar-refractivity contribution is 0.257. The van der Waals surface area contributed by atoms with Crippen LogP contribution in [0.5, 0.6) is 0 Å². The maximum atomic E-state index is 14.0. The largest absolute Gasteiger partial charge is 0.329 e. The number of piperidine rings is 1. The van der Waals surface area contributed by atoms with Crippen LogP contribution in [0, 0.1) is 12.7 Å². The molecule has 2 rings (SSSR count). The Morgan fingerprint density at radius 2 is 2.10 bits per heavy atom. The van der Waals surface area contributed by atoms with Crippen molar-refractivity contribution in [3.05, 3.63) is 29.6 Å². The molecular weight excluding hydrogens is 303 g/mol. The topological polar surface area (TPSA) is 63.4 Å². The molecule has 0 radical (unpaired) electrons. The first-order chi connectivity index (χ1) is 8.98. The Morgan fingerprint density at radius 1 is 1.40 bits per heavy atom. The second-order valence-electron chi connectivity index (χ2n) is 4.89. The summed E-state index contributed by atoms with van der Waals surface area (Å²) in [5.41, 5.74) is 5.97. The van der Waals surface area contributed by atoms with Crippen LogP contribution in [0.4, 0.5) is 4.39 Å². The van der Waals surface area contributed by atoms with E-state index >= 15 is 0 Å². The molecule has 1 aliphatic heterocycles. The lowest BCUT2D eigenvalue weighted by Crippen LogP contribution is -2.47. The molecule has 0 saturated carbocycles. The zero-order valence-corrected chi connectivity index (χ0v) is 13.0. The van der Waals surface area contributed by atoms with Crippen molar-refractivity contribution in [2.75, 3.05) is 13.1 Å². The first-order valence-corrected chi connectivity index (χ1v) is 7.89. The van der Waals surface area contributed by atoms with Crippen LogP contribution in [0.1, 0.15) is 24.8 Å². The fourth-order valence-corrected chi connectivity index (χ4v) is 4.32. The monoisotopic (exact) mass is 322 g/mol. The normalized spacial score (nSPS) is 20.4. The zero-order valence-electron chi connectivity index (χ0n) is 11.4. The number of benzene rings is 1. The smallest absolute Gasteiger partial charge is 0.246 e. The number of nitrogens with zero attached hydrogens (tertiary/aromatic N) is 1. The quantitative estimate of drug-likeness (QED) is 0.926. The van der Waals surface area contributed by atoms with Gasteiger partial charge in [-0.15, -0.1) is 12.4 Å². The molecule has 1 aliphatic rings. The highest BCUT2D eigenvalue weighted by atomic mass is 35.5. The molecule has 1 heterocycles. The van der Waals surface area contributed by atoms with Gasteiger partial charge < -0.3 is 5.73 Å². The number of hydrogen-bond donors (Lipinski definition) is 1. The number of halogens is 2. The molecule has 1 aromatic carbocycles. The molecule has 20 heavy (non-hydrogen) atoms. The van der Waals surface area contributed by atoms with Gasteiger partial charge in [0.2, 0.25) is 10.0 Å². The Bertz CT molecular complexity index is 565. The van der Waals surface area contributed by atoms with Gasteiger partial charge in [-0.25, -0.2) is 12.8 Å². The molecule has 7 heteroatoms. The number of rotatable bonds is 3. The van der Waals surface area contributed by atoms with Crippen molar-refractivity contribution in [1.82, 2.24) is 4.31 Å². The van der Waals surface area contributed by atoms with Gasteiger partial charge in [0.05, 0.1) is 0 Å². The summed E-state index contributed by atoms with van der Waals surface area (Å²) >= 11 is 0. The van der Waals surface area contributed by atoms with E-state index in [9.17, 15) is 12.8 Å². The van der Waals surface area contributed by atoms with Gasteiger partial charge in [0.1, 0.15) is 10.7 Å². The molecule has 1 aromatic rings. The molecule has 0 aromatic heterocycles. The van der Waals surface area contributed by atoms with Crippen molar-refractivity contribution in [2.45, 2.75) is 37.1 Å². The minimum Gasteiger partial charge on any atom is -0.329 e. The summed E-state index contributed by atoms with van der Waals surface area (Å²) in [4.78, 5) is -0.243. The van der Waals surface area contributed by atoms with E-state index in [0.717, 1.165) is 19.3 Å². The van der Waals surface area contributed by atoms with Crippen molar-refractivity contribution >= 4 is 22.4 Å². The summed E-state index contributed by atoms with van der Waals surface area (Å²) in [6.45, 7) is 2.25. The lowest BCUT2D eigenvalue weighted by Gasteiger charge is -2.34. The fourth-order valence-electron chi connectivity index (χ4n) is 2.47. The first-order valence-electron chi connectivity index (χ1n) is 6.45. The van der Waals surface area contributed by atoms with Gasteiger partial charge in [0.15, 0.2) is 0 Å². The van der Waals surface area contributed by atoms with E-state index in [1.54, 1.807) is 19.1 Å². The summed E-state index contributed by atoms with van der Waals surface area (Å²) in [5, 5.41) is 0. The van der Waals surface area contributed by atoms with Crippen LogP contribution in [-0.4, -0.2) is 31.9 Å². The van der Waals surface area contributed by atoms with E-state index in [-0.39, 0.29) is 29.9 Å². The molecule has 0 spiro atoms. The highest BCUT2D eigenvalue weighted by molar-refractivity contribution is 7.89. The minimum atomic E-state index is -3.80. The van der Waals surface area contributed by atoms with E-state index in [1.165, 1.54) is 10.4 Å². The van der Waals surface area contributed by atoms with Gasteiger partial charge in [0, 0.05) is 19.1 Å². The van der Waals surface area contributed by atoms with Crippen LogP contribution in [0.2, 0.25) is 0 Å². The van der Waals surface area contributed by atoms with Crippen LogP contribution < -0.4 is 5.73 Å². The molecule has 114 valence electrons. The van der Waals surface area contributed by atoms with Gasteiger partial charge in [-0.05, 0) is 31.4 Å². The summed E-state index contributed by atoms with van der Waals surface area (Å²) in [5.74, 6) is -0.663. The Kier molecular flexibility index (Phi) is 5.94. The van der Waals surface area contributed by atoms with Crippen molar-refractivity contribution in [3.8, 4) is 0 Å². The molecule has 1 saturated heterocycles. The zero-order chi connectivity index (χ0) is 14.0. The molecule has 1 unspecified atom stereocenters. The third kappa shape index (κ3) is 3.14. The lowest BCUT2D eigenvalue weighted by atomic mass is 10.1. The fraction of sp³-hybridized carbons (Fsp3) is 0.538. The summed E-state index contributed by atoms with van der Waals surface area (Å²) in [7, 11) is -3.80. The Balaban J connectivity index is 0.00000200. The molecule has 2 N–H and O–H groups in total. The summed E-state index contributed by atoms with van der Waals surface area (Å²) in [6.07, 6.45) is 2.50. The Labute approximate surface area is 125 Å². The average Bonchev–Trinajstić information content (AvgIpc) is 2.41. The molecule has 1 atom stereocenters. The third-order valence-corrected chi connectivity index (χ3v) is 5.56. The molecule has 1 fully saturated rings. The van der Waals surface area contributed by atoms with Gasteiger partial charge in [-0.3, -0.25) is 0 Å². The number of hydrogen-bond acceptors (Lipinski definition) is 3. The van der Waals surface area contributed by atoms with Gasteiger partial charge in [0.25, 0.3) is 0 Å². The Hall–Kier alpha value is -0.690. The van der Waals surface area contributed by atoms with Crippen LogP contribution in [-0.2, 0) is 10.0 Å². The summed E-state index contributed by atoms with van der Waals surface area (Å²) in [6, 6.07) is 4.22. The van der Waals surface area contributed by atoms with Gasteiger partial charge in [-0.2, -0.15) is 4.31 Å². The van der Waals surface area contributed by atoms with E-state index < -0.39 is 15.8 Å². The minimum absolute atomic E-state index is 0. The van der Waals surface area contributed by atoms with Crippen molar-refractivity contribution < 1.29 is 12.8 Å². The molecule has 4 nitrogen and oxygen atoms in total.